The minimum atomic E-state index is -0.146. The van der Waals surface area contributed by atoms with Crippen LogP contribution >= 0.6 is 0 Å². The zero-order valence-electron chi connectivity index (χ0n) is 11.5. The van der Waals surface area contributed by atoms with E-state index in [1.807, 2.05) is 13.8 Å². The van der Waals surface area contributed by atoms with Crippen LogP contribution in [-0.2, 0) is 9.53 Å². The first kappa shape index (κ1) is 13.3. The van der Waals surface area contributed by atoms with E-state index in [-0.39, 0.29) is 12.6 Å². The highest BCUT2D eigenvalue weighted by Crippen LogP contribution is 2.42. The maximum Gasteiger partial charge on any atom is 0.334 e. The molecule has 0 aromatic heterocycles. The summed E-state index contributed by atoms with van der Waals surface area (Å²) in [6.45, 7) is 6.78. The number of carbonyl (C=O) groups excluding carboxylic acids is 1. The number of ether oxygens (including phenoxy) is 1. The molecule has 0 amide bonds. The van der Waals surface area contributed by atoms with Crippen LogP contribution in [0.4, 0.5) is 0 Å². The second-order valence-corrected chi connectivity index (χ2v) is 5.63. The van der Waals surface area contributed by atoms with E-state index in [1.54, 1.807) is 0 Å². The topological polar surface area (TPSA) is 46.5 Å². The summed E-state index contributed by atoms with van der Waals surface area (Å²) in [5.41, 5.74) is 4.36. The lowest BCUT2D eigenvalue weighted by molar-refractivity contribution is -0.136. The largest absolute Gasteiger partial charge is 0.458 e. The number of hydrogen-bond donors (Lipinski definition) is 1. The summed E-state index contributed by atoms with van der Waals surface area (Å²) in [5.74, 6) is 0.829. The fourth-order valence-corrected chi connectivity index (χ4v) is 3.07. The molecular weight excluding hydrogens is 228 g/mol. The second kappa shape index (κ2) is 5.27. The highest BCUT2D eigenvalue weighted by molar-refractivity contribution is 5.91. The molecular formula is C15H22O3. The van der Waals surface area contributed by atoms with Crippen LogP contribution < -0.4 is 0 Å². The summed E-state index contributed by atoms with van der Waals surface area (Å²) in [6.07, 6.45) is 2.98. The predicted octanol–water partition coefficient (Wildman–Crippen LogP) is 2.60. The molecule has 18 heavy (non-hydrogen) atoms. The third-order valence-electron chi connectivity index (χ3n) is 4.39. The molecule has 3 heteroatoms. The van der Waals surface area contributed by atoms with Gasteiger partial charge in [-0.3, -0.25) is 0 Å². The van der Waals surface area contributed by atoms with Crippen molar-refractivity contribution in [1.29, 1.82) is 0 Å². The monoisotopic (exact) mass is 250 g/mol. The second-order valence-electron chi connectivity index (χ2n) is 5.63. The Balaban J connectivity index is 2.21. The number of esters is 1. The maximum atomic E-state index is 11.7. The molecule has 2 rings (SSSR count). The molecule has 2 aliphatic rings. The highest BCUT2D eigenvalue weighted by Gasteiger charge is 2.33. The van der Waals surface area contributed by atoms with E-state index in [4.69, 9.17) is 4.74 Å². The van der Waals surface area contributed by atoms with E-state index in [1.165, 1.54) is 5.57 Å². The van der Waals surface area contributed by atoms with Crippen LogP contribution in [-0.4, -0.2) is 24.3 Å². The van der Waals surface area contributed by atoms with Gasteiger partial charge in [-0.25, -0.2) is 4.79 Å². The Labute approximate surface area is 109 Å². The lowest BCUT2D eigenvalue weighted by atomic mass is 9.85. The Hall–Kier alpha value is -1.09. The first-order valence-electron chi connectivity index (χ1n) is 6.69. The summed E-state index contributed by atoms with van der Waals surface area (Å²) < 4.78 is 5.07. The molecule has 0 bridgehead atoms. The lowest BCUT2D eigenvalue weighted by Gasteiger charge is -2.19. The summed E-state index contributed by atoms with van der Waals surface area (Å²) in [5, 5.41) is 9.30. The molecule has 0 aromatic carbocycles. The smallest absolute Gasteiger partial charge is 0.334 e. The Morgan fingerprint density at radius 1 is 1.50 bits per heavy atom. The van der Waals surface area contributed by atoms with Gasteiger partial charge < -0.3 is 9.84 Å². The highest BCUT2D eigenvalue weighted by atomic mass is 16.5. The third-order valence-corrected chi connectivity index (χ3v) is 4.39. The van der Waals surface area contributed by atoms with E-state index in [2.05, 4.69) is 6.92 Å². The molecule has 1 saturated carbocycles. The van der Waals surface area contributed by atoms with Gasteiger partial charge in [-0.1, -0.05) is 12.5 Å². The SMILES string of the molecule is CC1=C(C[C@@H]2/C(=C(/C)CO)CC[C@@H]2C)C(=O)OC1. The van der Waals surface area contributed by atoms with Crippen molar-refractivity contribution in [2.24, 2.45) is 11.8 Å². The van der Waals surface area contributed by atoms with Gasteiger partial charge in [-0.05, 0) is 56.1 Å². The van der Waals surface area contributed by atoms with E-state index >= 15 is 0 Å². The van der Waals surface area contributed by atoms with Gasteiger partial charge in [0.15, 0.2) is 0 Å². The molecule has 0 radical (unpaired) electrons. The molecule has 100 valence electrons. The molecule has 1 N–H and O–H groups in total. The van der Waals surface area contributed by atoms with Crippen molar-refractivity contribution in [1.82, 2.24) is 0 Å². The average molecular weight is 250 g/mol. The zero-order valence-corrected chi connectivity index (χ0v) is 11.5. The summed E-state index contributed by atoms with van der Waals surface area (Å²) in [6, 6.07) is 0. The minimum Gasteiger partial charge on any atom is -0.458 e. The normalized spacial score (nSPS) is 31.0. The average Bonchev–Trinajstić information content (AvgIpc) is 2.87. The molecule has 1 aliphatic carbocycles. The number of aliphatic hydroxyl groups excluding tert-OH is 1. The van der Waals surface area contributed by atoms with Crippen molar-refractivity contribution >= 4 is 5.97 Å². The van der Waals surface area contributed by atoms with Crippen LogP contribution in [0, 0.1) is 11.8 Å². The number of carbonyl (C=O) groups is 1. The van der Waals surface area contributed by atoms with Crippen molar-refractivity contribution in [2.75, 3.05) is 13.2 Å². The van der Waals surface area contributed by atoms with Gasteiger partial charge in [0, 0.05) is 5.57 Å². The number of cyclic esters (lactones) is 1. The van der Waals surface area contributed by atoms with Crippen molar-refractivity contribution < 1.29 is 14.6 Å². The van der Waals surface area contributed by atoms with Gasteiger partial charge in [0.25, 0.3) is 0 Å². The minimum absolute atomic E-state index is 0.126. The fourth-order valence-electron chi connectivity index (χ4n) is 3.07. The van der Waals surface area contributed by atoms with Gasteiger partial charge in [0.05, 0.1) is 6.61 Å². The lowest BCUT2D eigenvalue weighted by Crippen LogP contribution is -2.12. The summed E-state index contributed by atoms with van der Waals surface area (Å²) >= 11 is 0. The Morgan fingerprint density at radius 2 is 2.22 bits per heavy atom. The van der Waals surface area contributed by atoms with Crippen molar-refractivity contribution in [3.05, 3.63) is 22.3 Å². The molecule has 1 fully saturated rings. The zero-order chi connectivity index (χ0) is 13.3. The van der Waals surface area contributed by atoms with Crippen LogP contribution in [0.2, 0.25) is 0 Å². The summed E-state index contributed by atoms with van der Waals surface area (Å²) in [7, 11) is 0. The van der Waals surface area contributed by atoms with E-state index in [0.29, 0.717) is 18.4 Å². The molecule has 0 unspecified atom stereocenters. The van der Waals surface area contributed by atoms with E-state index in [0.717, 1.165) is 36.0 Å². The number of rotatable bonds is 3. The molecule has 0 aromatic rings. The van der Waals surface area contributed by atoms with Crippen molar-refractivity contribution in [2.45, 2.75) is 40.0 Å². The maximum absolute atomic E-state index is 11.7. The molecule has 1 aliphatic heterocycles. The Kier molecular flexibility index (Phi) is 3.91. The fraction of sp³-hybridized carbons (Fsp3) is 0.667. The van der Waals surface area contributed by atoms with Gasteiger partial charge >= 0.3 is 5.97 Å². The van der Waals surface area contributed by atoms with Crippen LogP contribution in [0.5, 0.6) is 0 Å². The van der Waals surface area contributed by atoms with Gasteiger partial charge in [-0.2, -0.15) is 0 Å². The van der Waals surface area contributed by atoms with Crippen LogP contribution in [0.1, 0.15) is 40.0 Å². The molecule has 0 saturated heterocycles. The quantitative estimate of drug-likeness (QED) is 0.618. The van der Waals surface area contributed by atoms with Gasteiger partial charge in [-0.15, -0.1) is 0 Å². The first-order chi connectivity index (χ1) is 8.54. The molecule has 2 atom stereocenters. The molecule has 0 spiro atoms. The molecule has 1 heterocycles. The summed E-state index contributed by atoms with van der Waals surface area (Å²) in [4.78, 5) is 11.7. The van der Waals surface area contributed by atoms with Gasteiger partial charge in [0.1, 0.15) is 6.61 Å². The number of aliphatic hydroxyl groups is 1. The number of allylic oxidation sites excluding steroid dienone is 1. The Bertz CT molecular complexity index is 417. The van der Waals surface area contributed by atoms with E-state index in [9.17, 15) is 9.90 Å². The van der Waals surface area contributed by atoms with E-state index < -0.39 is 0 Å². The van der Waals surface area contributed by atoms with Gasteiger partial charge in [0.2, 0.25) is 0 Å². The van der Waals surface area contributed by atoms with Crippen LogP contribution in [0.15, 0.2) is 22.3 Å². The van der Waals surface area contributed by atoms with Crippen LogP contribution in [0.3, 0.4) is 0 Å². The Morgan fingerprint density at radius 3 is 2.78 bits per heavy atom. The van der Waals surface area contributed by atoms with Crippen molar-refractivity contribution in [3.63, 3.8) is 0 Å². The van der Waals surface area contributed by atoms with Crippen LogP contribution in [0.25, 0.3) is 0 Å². The standard InChI is InChI=1S/C15H22O3/c1-9-4-5-12(10(2)7-16)13(9)6-14-11(3)8-18-15(14)17/h9,13,16H,4-8H2,1-3H3/b12-10-/t9-,13-/m0/s1. The van der Waals surface area contributed by atoms with Crippen molar-refractivity contribution in [3.8, 4) is 0 Å². The first-order valence-corrected chi connectivity index (χ1v) is 6.69. The third kappa shape index (κ3) is 2.37. The molecule has 3 nitrogen and oxygen atoms in total. The predicted molar refractivity (Wildman–Crippen MR) is 69.9 cm³/mol. The number of hydrogen-bond acceptors (Lipinski definition) is 3.